The second kappa shape index (κ2) is 2.02. The van der Waals surface area contributed by atoms with Gasteiger partial charge < -0.3 is 0 Å². The maximum absolute atomic E-state index is 10.7. The lowest BCUT2D eigenvalue weighted by Gasteiger charge is -1.93. The van der Waals surface area contributed by atoms with Crippen LogP contribution < -0.4 is 0 Å². The summed E-state index contributed by atoms with van der Waals surface area (Å²) in [4.78, 5) is 10.7. The van der Waals surface area contributed by atoms with Gasteiger partial charge in [-0.1, -0.05) is 24.8 Å². The molecular weight excluding hydrogens is 112 g/mol. The summed E-state index contributed by atoms with van der Waals surface area (Å²) >= 11 is 0. The van der Waals surface area contributed by atoms with E-state index < -0.39 is 0 Å². The van der Waals surface area contributed by atoms with Gasteiger partial charge in [-0.25, -0.2) is 0 Å². The zero-order chi connectivity index (χ0) is 6.85. The Kier molecular flexibility index (Phi) is 1.35. The van der Waals surface area contributed by atoms with Crippen molar-refractivity contribution in [2.75, 3.05) is 0 Å². The molecule has 0 amide bonds. The Morgan fingerprint density at radius 2 is 2.33 bits per heavy atom. The van der Waals surface area contributed by atoms with Crippen molar-refractivity contribution in [2.45, 2.75) is 6.92 Å². The molecule has 0 fully saturated rings. The summed E-state index contributed by atoms with van der Waals surface area (Å²) in [6.45, 7) is 5.23. The van der Waals surface area contributed by atoms with Crippen LogP contribution >= 0.6 is 0 Å². The summed E-state index contributed by atoms with van der Waals surface area (Å²) in [5.74, 6) is 0.0880. The SMILES string of the molecule is C=C1C=CC=C1C(C)=O. The van der Waals surface area contributed by atoms with E-state index in [1.54, 1.807) is 13.0 Å². The first-order chi connectivity index (χ1) is 4.22. The minimum atomic E-state index is 0.0880. The van der Waals surface area contributed by atoms with Gasteiger partial charge in [-0.3, -0.25) is 4.79 Å². The van der Waals surface area contributed by atoms with Gasteiger partial charge in [0.25, 0.3) is 0 Å². The van der Waals surface area contributed by atoms with E-state index in [2.05, 4.69) is 6.58 Å². The third kappa shape index (κ3) is 0.992. The molecule has 0 atom stereocenters. The average Bonchev–Trinajstić information content (AvgIpc) is 2.13. The predicted octanol–water partition coefficient (Wildman–Crippen LogP) is 1.63. The van der Waals surface area contributed by atoms with Crippen molar-refractivity contribution >= 4 is 5.78 Å². The Hall–Kier alpha value is -1.11. The van der Waals surface area contributed by atoms with Crippen molar-refractivity contribution < 1.29 is 4.79 Å². The van der Waals surface area contributed by atoms with Gasteiger partial charge in [-0.05, 0) is 12.5 Å². The van der Waals surface area contributed by atoms with Crippen LogP contribution in [0.4, 0.5) is 0 Å². The largest absolute Gasteiger partial charge is 0.294 e. The molecule has 0 aromatic heterocycles. The monoisotopic (exact) mass is 120 g/mol. The van der Waals surface area contributed by atoms with Crippen molar-refractivity contribution in [1.82, 2.24) is 0 Å². The smallest absolute Gasteiger partial charge is 0.160 e. The highest BCUT2D eigenvalue weighted by molar-refractivity contribution is 5.99. The van der Waals surface area contributed by atoms with Crippen LogP contribution in [0.1, 0.15) is 6.92 Å². The number of hydrogen-bond acceptors (Lipinski definition) is 1. The lowest BCUT2D eigenvalue weighted by molar-refractivity contribution is -0.113. The van der Waals surface area contributed by atoms with E-state index in [9.17, 15) is 4.79 Å². The maximum atomic E-state index is 10.7. The highest BCUT2D eigenvalue weighted by Gasteiger charge is 2.07. The van der Waals surface area contributed by atoms with E-state index in [1.807, 2.05) is 12.2 Å². The molecule has 1 aliphatic rings. The predicted molar refractivity (Wildman–Crippen MR) is 37.0 cm³/mol. The molecule has 1 rings (SSSR count). The van der Waals surface area contributed by atoms with Gasteiger partial charge in [0.05, 0.1) is 0 Å². The van der Waals surface area contributed by atoms with Crippen LogP contribution in [0.5, 0.6) is 0 Å². The molecule has 1 nitrogen and oxygen atoms in total. The fourth-order valence-corrected chi connectivity index (χ4v) is 0.801. The second-order valence-electron chi connectivity index (χ2n) is 2.02. The van der Waals surface area contributed by atoms with Crippen molar-refractivity contribution in [3.05, 3.63) is 36.0 Å². The third-order valence-electron chi connectivity index (χ3n) is 1.29. The lowest BCUT2D eigenvalue weighted by Crippen LogP contribution is -1.93. The summed E-state index contributed by atoms with van der Waals surface area (Å²) in [5.41, 5.74) is 1.55. The summed E-state index contributed by atoms with van der Waals surface area (Å²) in [6, 6.07) is 0. The Bertz CT molecular complexity index is 219. The van der Waals surface area contributed by atoms with Gasteiger partial charge in [-0.2, -0.15) is 0 Å². The van der Waals surface area contributed by atoms with Crippen LogP contribution in [0.2, 0.25) is 0 Å². The first-order valence-electron chi connectivity index (χ1n) is 2.80. The van der Waals surface area contributed by atoms with E-state index >= 15 is 0 Å². The first kappa shape index (κ1) is 6.02. The Labute approximate surface area is 54.4 Å². The first-order valence-corrected chi connectivity index (χ1v) is 2.80. The molecule has 0 bridgehead atoms. The summed E-state index contributed by atoms with van der Waals surface area (Å²) in [5, 5.41) is 0. The molecule has 0 aromatic rings. The summed E-state index contributed by atoms with van der Waals surface area (Å²) < 4.78 is 0. The van der Waals surface area contributed by atoms with E-state index in [4.69, 9.17) is 0 Å². The fourth-order valence-electron chi connectivity index (χ4n) is 0.801. The van der Waals surface area contributed by atoms with Crippen molar-refractivity contribution in [3.8, 4) is 0 Å². The molecule has 0 heterocycles. The van der Waals surface area contributed by atoms with Gasteiger partial charge in [-0.15, -0.1) is 0 Å². The number of Topliss-reactive ketones (excluding diaryl/α,β-unsaturated/α-hetero) is 1. The molecule has 0 unspecified atom stereocenters. The normalized spacial score (nSPS) is 16.1. The Morgan fingerprint density at radius 3 is 2.56 bits per heavy atom. The van der Waals surface area contributed by atoms with Gasteiger partial charge >= 0.3 is 0 Å². The average molecular weight is 120 g/mol. The van der Waals surface area contributed by atoms with Gasteiger partial charge in [0.1, 0.15) is 0 Å². The van der Waals surface area contributed by atoms with Crippen molar-refractivity contribution in [3.63, 3.8) is 0 Å². The lowest BCUT2D eigenvalue weighted by atomic mass is 10.1. The Balaban J connectivity index is 2.88. The molecule has 0 saturated carbocycles. The fraction of sp³-hybridized carbons (Fsp3) is 0.125. The molecule has 0 N–H and O–H groups in total. The molecule has 0 spiro atoms. The van der Waals surface area contributed by atoms with Crippen LogP contribution in [-0.4, -0.2) is 5.78 Å². The van der Waals surface area contributed by atoms with E-state index in [0.29, 0.717) is 0 Å². The van der Waals surface area contributed by atoms with Gasteiger partial charge in [0.2, 0.25) is 0 Å². The molecular formula is C8H8O. The van der Waals surface area contributed by atoms with E-state index in [0.717, 1.165) is 11.1 Å². The van der Waals surface area contributed by atoms with Crippen LogP contribution in [0.25, 0.3) is 0 Å². The second-order valence-corrected chi connectivity index (χ2v) is 2.02. The van der Waals surface area contributed by atoms with Crippen molar-refractivity contribution in [2.24, 2.45) is 0 Å². The number of carbonyl (C=O) groups excluding carboxylic acids is 1. The number of carbonyl (C=O) groups is 1. The van der Waals surface area contributed by atoms with E-state index in [1.165, 1.54) is 0 Å². The quantitative estimate of drug-likeness (QED) is 0.514. The van der Waals surface area contributed by atoms with E-state index in [-0.39, 0.29) is 5.78 Å². The number of allylic oxidation sites excluding steroid dienone is 5. The molecule has 1 aliphatic carbocycles. The maximum Gasteiger partial charge on any atom is 0.160 e. The topological polar surface area (TPSA) is 17.1 Å². The number of rotatable bonds is 1. The third-order valence-corrected chi connectivity index (χ3v) is 1.29. The molecule has 1 heteroatoms. The molecule has 0 aromatic carbocycles. The Morgan fingerprint density at radius 1 is 1.67 bits per heavy atom. The van der Waals surface area contributed by atoms with Crippen LogP contribution in [0, 0.1) is 0 Å². The van der Waals surface area contributed by atoms with Gasteiger partial charge in [0, 0.05) is 5.57 Å². The summed E-state index contributed by atoms with van der Waals surface area (Å²) in [7, 11) is 0. The van der Waals surface area contributed by atoms with Crippen LogP contribution in [0.15, 0.2) is 36.0 Å². The van der Waals surface area contributed by atoms with Crippen molar-refractivity contribution in [1.29, 1.82) is 0 Å². The number of ketones is 1. The zero-order valence-corrected chi connectivity index (χ0v) is 5.35. The highest BCUT2D eigenvalue weighted by atomic mass is 16.1. The molecule has 0 aliphatic heterocycles. The molecule has 0 saturated heterocycles. The molecule has 46 valence electrons. The van der Waals surface area contributed by atoms with Gasteiger partial charge in [0.15, 0.2) is 5.78 Å². The molecule has 0 radical (unpaired) electrons. The number of hydrogen-bond donors (Lipinski definition) is 0. The molecule has 9 heavy (non-hydrogen) atoms. The van der Waals surface area contributed by atoms with Crippen LogP contribution in [0.3, 0.4) is 0 Å². The minimum Gasteiger partial charge on any atom is -0.294 e. The highest BCUT2D eigenvalue weighted by Crippen LogP contribution is 2.15. The standard InChI is InChI=1S/C8H8O/c1-6-4-3-5-8(6)7(2)9/h3-5H,1H2,2H3. The summed E-state index contributed by atoms with van der Waals surface area (Å²) in [6.07, 6.45) is 5.44. The zero-order valence-electron chi connectivity index (χ0n) is 5.35. The minimum absolute atomic E-state index is 0.0880. The van der Waals surface area contributed by atoms with Crippen LogP contribution in [-0.2, 0) is 4.79 Å².